The average Bonchev–Trinajstić information content (AvgIpc) is 2.38. The molecule has 0 saturated carbocycles. The van der Waals surface area contributed by atoms with E-state index in [1.54, 1.807) is 13.0 Å². The molecule has 0 aliphatic rings. The van der Waals surface area contributed by atoms with Crippen LogP contribution in [0.5, 0.6) is 0 Å². The van der Waals surface area contributed by atoms with E-state index in [1.807, 2.05) is 7.05 Å². The minimum Gasteiger partial charge on any atom is -0.366 e. The largest absolute Gasteiger partial charge is 0.366 e. The lowest BCUT2D eigenvalue weighted by atomic mass is 10.1. The van der Waals surface area contributed by atoms with E-state index in [2.05, 4.69) is 5.32 Å². The van der Waals surface area contributed by atoms with Gasteiger partial charge >= 0.3 is 0 Å². The van der Waals surface area contributed by atoms with Crippen LogP contribution >= 0.6 is 0 Å². The van der Waals surface area contributed by atoms with E-state index in [0.717, 1.165) is 6.54 Å². The van der Waals surface area contributed by atoms with Crippen molar-refractivity contribution in [1.82, 2.24) is 9.62 Å². The van der Waals surface area contributed by atoms with Crippen LogP contribution in [-0.2, 0) is 10.0 Å². The summed E-state index contributed by atoms with van der Waals surface area (Å²) in [4.78, 5) is 11.4. The van der Waals surface area contributed by atoms with Gasteiger partial charge in [-0.3, -0.25) is 4.79 Å². The van der Waals surface area contributed by atoms with Crippen molar-refractivity contribution in [2.24, 2.45) is 5.73 Å². The first-order chi connectivity index (χ1) is 9.30. The predicted octanol–water partition coefficient (Wildman–Crippen LogP) is 0.324. The topological polar surface area (TPSA) is 92.5 Å². The number of hydrogen-bond acceptors (Lipinski definition) is 4. The average molecular weight is 299 g/mol. The number of benzene rings is 1. The maximum atomic E-state index is 12.4. The molecular formula is C13H21N3O3S. The molecule has 0 aliphatic heterocycles. The number of amides is 1. The van der Waals surface area contributed by atoms with Crippen LogP contribution in [0.1, 0.15) is 22.3 Å². The van der Waals surface area contributed by atoms with Crippen LogP contribution in [0, 0.1) is 6.92 Å². The number of nitrogens with zero attached hydrogens (tertiary/aromatic N) is 1. The zero-order chi connectivity index (χ0) is 15.3. The minimum atomic E-state index is -3.59. The fourth-order valence-electron chi connectivity index (χ4n) is 1.81. The summed E-state index contributed by atoms with van der Waals surface area (Å²) in [6, 6.07) is 4.42. The van der Waals surface area contributed by atoms with Gasteiger partial charge in [0, 0.05) is 19.2 Å². The second-order valence-corrected chi connectivity index (χ2v) is 6.67. The molecule has 0 aromatic heterocycles. The van der Waals surface area contributed by atoms with E-state index in [4.69, 9.17) is 5.73 Å². The molecule has 0 heterocycles. The zero-order valence-corrected chi connectivity index (χ0v) is 12.8. The van der Waals surface area contributed by atoms with E-state index in [-0.39, 0.29) is 10.5 Å². The summed E-state index contributed by atoms with van der Waals surface area (Å²) in [5.41, 5.74) is 6.14. The third kappa shape index (κ3) is 3.78. The SMILES string of the molecule is CNCCCN(C)S(=O)(=O)c1ccc(C)c(C(N)=O)c1. The highest BCUT2D eigenvalue weighted by atomic mass is 32.2. The molecule has 7 heteroatoms. The molecule has 3 N–H and O–H groups in total. The summed E-state index contributed by atoms with van der Waals surface area (Å²) in [5, 5.41) is 2.96. The summed E-state index contributed by atoms with van der Waals surface area (Å²) in [5.74, 6) is -0.627. The highest BCUT2D eigenvalue weighted by molar-refractivity contribution is 7.89. The highest BCUT2D eigenvalue weighted by Gasteiger charge is 2.21. The van der Waals surface area contributed by atoms with Crippen LogP contribution in [0.3, 0.4) is 0 Å². The normalized spacial score (nSPS) is 11.8. The van der Waals surface area contributed by atoms with Crippen LogP contribution < -0.4 is 11.1 Å². The maximum absolute atomic E-state index is 12.4. The lowest BCUT2D eigenvalue weighted by Crippen LogP contribution is -2.30. The molecule has 0 unspecified atom stereocenters. The third-order valence-corrected chi connectivity index (χ3v) is 4.94. The molecular weight excluding hydrogens is 278 g/mol. The molecule has 0 aliphatic carbocycles. The summed E-state index contributed by atoms with van der Waals surface area (Å²) in [6.45, 7) is 2.86. The molecule has 1 aromatic carbocycles. The second-order valence-electron chi connectivity index (χ2n) is 4.62. The Hall–Kier alpha value is -1.44. The standard InChI is InChI=1S/C13H21N3O3S/c1-10-5-6-11(9-12(10)13(14)17)20(18,19)16(3)8-4-7-15-2/h5-6,9,15H,4,7-8H2,1-3H3,(H2,14,17). The Morgan fingerprint density at radius 1 is 1.40 bits per heavy atom. The van der Waals surface area contributed by atoms with Crippen LogP contribution in [0.15, 0.2) is 23.1 Å². The van der Waals surface area contributed by atoms with Crippen molar-refractivity contribution < 1.29 is 13.2 Å². The molecule has 1 rings (SSSR count). The molecule has 0 bridgehead atoms. The molecule has 20 heavy (non-hydrogen) atoms. The van der Waals surface area contributed by atoms with Gasteiger partial charge in [0.15, 0.2) is 0 Å². The molecule has 0 fully saturated rings. The van der Waals surface area contributed by atoms with Crippen LogP contribution in [0.25, 0.3) is 0 Å². The number of sulfonamides is 1. The fourth-order valence-corrected chi connectivity index (χ4v) is 3.04. The molecule has 112 valence electrons. The predicted molar refractivity (Wildman–Crippen MR) is 78.1 cm³/mol. The number of nitrogens with one attached hydrogen (secondary N) is 1. The molecule has 1 aromatic rings. The van der Waals surface area contributed by atoms with Crippen LogP contribution in [0.2, 0.25) is 0 Å². The molecule has 0 radical (unpaired) electrons. The van der Waals surface area contributed by atoms with Gasteiger partial charge in [-0.25, -0.2) is 12.7 Å². The van der Waals surface area contributed by atoms with Gasteiger partial charge in [-0.15, -0.1) is 0 Å². The minimum absolute atomic E-state index is 0.0869. The molecule has 6 nitrogen and oxygen atoms in total. The van der Waals surface area contributed by atoms with Gasteiger partial charge in [0.05, 0.1) is 4.90 Å². The number of carbonyl (C=O) groups excluding carboxylic acids is 1. The van der Waals surface area contributed by atoms with Crippen molar-refractivity contribution in [1.29, 1.82) is 0 Å². The van der Waals surface area contributed by atoms with Crippen molar-refractivity contribution in [3.05, 3.63) is 29.3 Å². The van der Waals surface area contributed by atoms with Gasteiger partial charge in [-0.1, -0.05) is 6.07 Å². The van der Waals surface area contributed by atoms with Gasteiger partial charge in [-0.2, -0.15) is 0 Å². The third-order valence-electron chi connectivity index (χ3n) is 3.08. The van der Waals surface area contributed by atoms with Crippen molar-refractivity contribution in [2.75, 3.05) is 27.2 Å². The summed E-state index contributed by atoms with van der Waals surface area (Å²) < 4.78 is 26.0. The zero-order valence-electron chi connectivity index (χ0n) is 12.0. The van der Waals surface area contributed by atoms with E-state index in [1.165, 1.54) is 23.5 Å². The van der Waals surface area contributed by atoms with Crippen molar-refractivity contribution in [3.63, 3.8) is 0 Å². The first-order valence-corrected chi connectivity index (χ1v) is 7.76. The van der Waals surface area contributed by atoms with E-state index in [9.17, 15) is 13.2 Å². The van der Waals surface area contributed by atoms with Crippen LogP contribution in [0.4, 0.5) is 0 Å². The van der Waals surface area contributed by atoms with Gasteiger partial charge in [0.1, 0.15) is 0 Å². The summed E-state index contributed by atoms with van der Waals surface area (Å²) >= 11 is 0. The smallest absolute Gasteiger partial charge is 0.249 e. The first-order valence-electron chi connectivity index (χ1n) is 6.32. The number of hydrogen-bond donors (Lipinski definition) is 2. The Labute approximate surface area is 120 Å². The van der Waals surface area contributed by atoms with E-state index in [0.29, 0.717) is 18.5 Å². The Morgan fingerprint density at radius 2 is 2.05 bits per heavy atom. The van der Waals surface area contributed by atoms with Crippen molar-refractivity contribution >= 4 is 15.9 Å². The Kier molecular flexibility index (Phi) is 5.67. The lowest BCUT2D eigenvalue weighted by molar-refractivity contribution is 0.0999. The van der Waals surface area contributed by atoms with Gasteiger partial charge < -0.3 is 11.1 Å². The number of aryl methyl sites for hydroxylation is 1. The van der Waals surface area contributed by atoms with Gasteiger partial charge in [0.25, 0.3) is 0 Å². The number of nitrogens with two attached hydrogens (primary N) is 1. The van der Waals surface area contributed by atoms with Gasteiger partial charge in [0.2, 0.25) is 15.9 Å². The van der Waals surface area contributed by atoms with E-state index >= 15 is 0 Å². The molecule has 0 spiro atoms. The second kappa shape index (κ2) is 6.83. The van der Waals surface area contributed by atoms with Crippen molar-refractivity contribution in [3.8, 4) is 0 Å². The lowest BCUT2D eigenvalue weighted by Gasteiger charge is -2.17. The highest BCUT2D eigenvalue weighted by Crippen LogP contribution is 2.18. The quantitative estimate of drug-likeness (QED) is 0.709. The molecule has 1 amide bonds. The van der Waals surface area contributed by atoms with Crippen LogP contribution in [-0.4, -0.2) is 45.8 Å². The summed E-state index contributed by atoms with van der Waals surface area (Å²) in [6.07, 6.45) is 0.709. The molecule has 0 atom stereocenters. The van der Waals surface area contributed by atoms with Crippen molar-refractivity contribution in [2.45, 2.75) is 18.2 Å². The Balaban J connectivity index is 3.03. The maximum Gasteiger partial charge on any atom is 0.249 e. The number of primary amides is 1. The Morgan fingerprint density at radius 3 is 2.60 bits per heavy atom. The monoisotopic (exact) mass is 299 g/mol. The molecule has 0 saturated heterocycles. The Bertz CT molecular complexity index is 585. The first kappa shape index (κ1) is 16.6. The van der Waals surface area contributed by atoms with Gasteiger partial charge in [-0.05, 0) is 44.6 Å². The summed E-state index contributed by atoms with van der Waals surface area (Å²) in [7, 11) is -0.259. The fraction of sp³-hybridized carbons (Fsp3) is 0.462. The number of rotatable bonds is 7. The number of carbonyl (C=O) groups is 1. The van der Waals surface area contributed by atoms with E-state index < -0.39 is 15.9 Å².